The highest BCUT2D eigenvalue weighted by Gasteiger charge is 2.11. The molecule has 0 radical (unpaired) electrons. The molecule has 1 unspecified atom stereocenters. The number of furan rings is 1. The zero-order valence-electron chi connectivity index (χ0n) is 12.1. The topological polar surface area (TPSA) is 34.4 Å². The third kappa shape index (κ3) is 3.26. The van der Waals surface area contributed by atoms with Crippen molar-refractivity contribution < 1.29 is 9.15 Å². The lowest BCUT2D eigenvalue weighted by Gasteiger charge is -2.19. The number of aryl methyl sites for hydroxylation is 1. The summed E-state index contributed by atoms with van der Waals surface area (Å²) in [5.74, 6) is 0.855. The molecule has 1 N–H and O–H groups in total. The van der Waals surface area contributed by atoms with Gasteiger partial charge in [0.05, 0.1) is 11.6 Å². The Morgan fingerprint density at radius 1 is 1.05 bits per heavy atom. The quantitative estimate of drug-likeness (QED) is 0.694. The van der Waals surface area contributed by atoms with Crippen LogP contribution in [0.1, 0.15) is 12.0 Å². The zero-order chi connectivity index (χ0) is 14.5. The second-order valence-corrected chi connectivity index (χ2v) is 5.01. The van der Waals surface area contributed by atoms with Gasteiger partial charge in [-0.2, -0.15) is 0 Å². The van der Waals surface area contributed by atoms with Crippen molar-refractivity contribution in [3.63, 3.8) is 0 Å². The van der Waals surface area contributed by atoms with Gasteiger partial charge in [-0.3, -0.25) is 5.32 Å². The largest absolute Gasteiger partial charge is 0.475 e. The van der Waals surface area contributed by atoms with Crippen LogP contribution in [-0.4, -0.2) is 13.3 Å². The molecule has 3 aromatic rings. The van der Waals surface area contributed by atoms with E-state index < -0.39 is 0 Å². The first kappa shape index (κ1) is 13.7. The molecule has 1 atom stereocenters. The molecule has 0 aliphatic rings. The smallest absolute Gasteiger partial charge is 0.150 e. The molecule has 0 saturated carbocycles. The summed E-state index contributed by atoms with van der Waals surface area (Å²) in [6.45, 7) is 0. The van der Waals surface area contributed by atoms with Crippen LogP contribution in [0.3, 0.4) is 0 Å². The number of benzene rings is 2. The van der Waals surface area contributed by atoms with Gasteiger partial charge in [0.25, 0.3) is 0 Å². The summed E-state index contributed by atoms with van der Waals surface area (Å²) < 4.78 is 11.5. The van der Waals surface area contributed by atoms with Crippen LogP contribution in [0.15, 0.2) is 65.3 Å². The SMILES string of the molecule is CNC(CCc1ccccc1)Oc1cccc2occc12. The van der Waals surface area contributed by atoms with Gasteiger partial charge < -0.3 is 9.15 Å². The molecule has 1 heterocycles. The lowest BCUT2D eigenvalue weighted by molar-refractivity contribution is 0.166. The Bertz CT molecular complexity index is 691. The summed E-state index contributed by atoms with van der Waals surface area (Å²) in [7, 11) is 1.92. The maximum atomic E-state index is 6.09. The second-order valence-electron chi connectivity index (χ2n) is 5.01. The average Bonchev–Trinajstić information content (AvgIpc) is 3.02. The maximum absolute atomic E-state index is 6.09. The van der Waals surface area contributed by atoms with E-state index in [1.807, 2.05) is 37.4 Å². The van der Waals surface area contributed by atoms with Crippen molar-refractivity contribution in [3.8, 4) is 5.75 Å². The predicted molar refractivity (Wildman–Crippen MR) is 84.5 cm³/mol. The molecule has 1 aromatic heterocycles. The third-order valence-corrected chi connectivity index (χ3v) is 3.59. The van der Waals surface area contributed by atoms with Crippen LogP contribution in [-0.2, 0) is 6.42 Å². The first-order valence-corrected chi connectivity index (χ1v) is 7.21. The van der Waals surface area contributed by atoms with Crippen LogP contribution in [0.5, 0.6) is 5.75 Å². The summed E-state index contributed by atoms with van der Waals surface area (Å²) in [6.07, 6.45) is 3.56. The van der Waals surface area contributed by atoms with Gasteiger partial charge in [0.1, 0.15) is 17.6 Å². The van der Waals surface area contributed by atoms with Crippen molar-refractivity contribution in [1.82, 2.24) is 5.32 Å². The lowest BCUT2D eigenvalue weighted by atomic mass is 10.1. The van der Waals surface area contributed by atoms with E-state index in [0.717, 1.165) is 29.6 Å². The minimum Gasteiger partial charge on any atom is -0.475 e. The molecular formula is C18H19NO2. The maximum Gasteiger partial charge on any atom is 0.150 e. The molecule has 0 bridgehead atoms. The molecule has 0 aliphatic heterocycles. The van der Waals surface area contributed by atoms with Crippen molar-refractivity contribution in [1.29, 1.82) is 0 Å². The van der Waals surface area contributed by atoms with Crippen molar-refractivity contribution in [2.75, 3.05) is 7.05 Å². The fourth-order valence-electron chi connectivity index (χ4n) is 2.43. The van der Waals surface area contributed by atoms with E-state index in [1.165, 1.54) is 5.56 Å². The minimum absolute atomic E-state index is 0.0225. The molecule has 0 aliphatic carbocycles. The molecule has 2 aromatic carbocycles. The molecule has 3 nitrogen and oxygen atoms in total. The summed E-state index contributed by atoms with van der Waals surface area (Å²) in [6, 6.07) is 18.3. The molecule has 0 amide bonds. The van der Waals surface area contributed by atoms with Crippen LogP contribution in [0.25, 0.3) is 11.0 Å². The average molecular weight is 281 g/mol. The highest BCUT2D eigenvalue weighted by molar-refractivity contribution is 5.83. The highest BCUT2D eigenvalue weighted by atomic mass is 16.5. The molecule has 21 heavy (non-hydrogen) atoms. The summed E-state index contributed by atoms with van der Waals surface area (Å²) in [5.41, 5.74) is 2.17. The molecule has 3 heteroatoms. The van der Waals surface area contributed by atoms with Crippen LogP contribution in [0, 0.1) is 0 Å². The van der Waals surface area contributed by atoms with E-state index in [-0.39, 0.29) is 6.23 Å². The Morgan fingerprint density at radius 3 is 2.71 bits per heavy atom. The fraction of sp³-hybridized carbons (Fsp3) is 0.222. The first-order chi connectivity index (χ1) is 10.4. The second kappa shape index (κ2) is 6.46. The Balaban J connectivity index is 1.68. The monoisotopic (exact) mass is 281 g/mol. The van der Waals surface area contributed by atoms with Gasteiger partial charge in [0.2, 0.25) is 0 Å². The van der Waals surface area contributed by atoms with Crippen LogP contribution in [0.4, 0.5) is 0 Å². The number of rotatable bonds is 6. The van der Waals surface area contributed by atoms with Crippen molar-refractivity contribution >= 4 is 11.0 Å². The van der Waals surface area contributed by atoms with Gasteiger partial charge in [-0.1, -0.05) is 36.4 Å². The van der Waals surface area contributed by atoms with Gasteiger partial charge >= 0.3 is 0 Å². The molecular weight excluding hydrogens is 262 g/mol. The number of hydrogen-bond donors (Lipinski definition) is 1. The first-order valence-electron chi connectivity index (χ1n) is 7.21. The van der Waals surface area contributed by atoms with Gasteiger partial charge in [-0.25, -0.2) is 0 Å². The van der Waals surface area contributed by atoms with E-state index in [2.05, 4.69) is 29.6 Å². The van der Waals surface area contributed by atoms with E-state index in [4.69, 9.17) is 9.15 Å². The van der Waals surface area contributed by atoms with Crippen LogP contribution >= 0.6 is 0 Å². The Labute approximate surface area is 124 Å². The van der Waals surface area contributed by atoms with E-state index >= 15 is 0 Å². The summed E-state index contributed by atoms with van der Waals surface area (Å²) in [4.78, 5) is 0. The van der Waals surface area contributed by atoms with E-state index in [9.17, 15) is 0 Å². The Hall–Kier alpha value is -2.26. The minimum atomic E-state index is -0.0225. The van der Waals surface area contributed by atoms with Crippen LogP contribution in [0.2, 0.25) is 0 Å². The number of ether oxygens (including phenoxy) is 1. The zero-order valence-corrected chi connectivity index (χ0v) is 12.1. The van der Waals surface area contributed by atoms with Gasteiger partial charge in [-0.05, 0) is 37.2 Å². The van der Waals surface area contributed by atoms with Crippen molar-refractivity contribution in [3.05, 3.63) is 66.4 Å². The van der Waals surface area contributed by atoms with Gasteiger partial charge in [0.15, 0.2) is 0 Å². The number of fused-ring (bicyclic) bond motifs is 1. The molecule has 0 fully saturated rings. The van der Waals surface area contributed by atoms with Crippen LogP contribution < -0.4 is 10.1 Å². The highest BCUT2D eigenvalue weighted by Crippen LogP contribution is 2.27. The molecule has 3 rings (SSSR count). The molecule has 108 valence electrons. The lowest BCUT2D eigenvalue weighted by Crippen LogP contribution is -2.31. The predicted octanol–water partition coefficient (Wildman–Crippen LogP) is 3.99. The summed E-state index contributed by atoms with van der Waals surface area (Å²) in [5, 5.41) is 4.24. The molecule has 0 saturated heterocycles. The standard InChI is InChI=1S/C18H19NO2/c1-19-18(11-10-14-6-3-2-4-7-14)21-17-9-5-8-16-15(17)12-13-20-16/h2-9,12-13,18-19H,10-11H2,1H3. The van der Waals surface area contributed by atoms with Gasteiger partial charge in [0, 0.05) is 6.42 Å². The Kier molecular flexibility index (Phi) is 4.22. The number of hydrogen-bond acceptors (Lipinski definition) is 3. The van der Waals surface area contributed by atoms with E-state index in [1.54, 1.807) is 6.26 Å². The van der Waals surface area contributed by atoms with E-state index in [0.29, 0.717) is 0 Å². The fourth-order valence-corrected chi connectivity index (χ4v) is 2.43. The molecule has 0 spiro atoms. The number of nitrogens with one attached hydrogen (secondary N) is 1. The third-order valence-electron chi connectivity index (χ3n) is 3.59. The summed E-state index contributed by atoms with van der Waals surface area (Å²) >= 11 is 0. The van der Waals surface area contributed by atoms with Crippen molar-refractivity contribution in [2.24, 2.45) is 0 Å². The normalized spacial score (nSPS) is 12.4. The Morgan fingerprint density at radius 2 is 1.90 bits per heavy atom. The van der Waals surface area contributed by atoms with Crippen molar-refractivity contribution in [2.45, 2.75) is 19.1 Å². The van der Waals surface area contributed by atoms with Gasteiger partial charge in [-0.15, -0.1) is 0 Å².